The van der Waals surface area contributed by atoms with Gasteiger partial charge in [0.25, 0.3) is 0 Å². The fourth-order valence-corrected chi connectivity index (χ4v) is 2.63. The molecule has 2 amide bonds. The summed E-state index contributed by atoms with van der Waals surface area (Å²) in [5.74, 6) is -0.421. The molecule has 140 valence electrons. The highest BCUT2D eigenvalue weighted by Gasteiger charge is 2.05. The van der Waals surface area contributed by atoms with Crippen molar-refractivity contribution < 1.29 is 9.59 Å². The Bertz CT molecular complexity index is 868. The fraction of sp³-hybridized carbons (Fsp3) is 0.150. The van der Waals surface area contributed by atoms with Crippen molar-refractivity contribution in [3.05, 3.63) is 65.2 Å². The van der Waals surface area contributed by atoms with Crippen molar-refractivity contribution in [2.24, 2.45) is 0 Å². The summed E-state index contributed by atoms with van der Waals surface area (Å²) < 4.78 is 0. The minimum Gasteiger partial charge on any atom is -0.332 e. The average molecular weight is 402 g/mol. The maximum absolute atomic E-state index is 12.0. The molecule has 3 N–H and O–H groups in total. The predicted molar refractivity (Wildman–Crippen MR) is 115 cm³/mol. The van der Waals surface area contributed by atoms with Crippen LogP contribution in [0.3, 0.4) is 0 Å². The Morgan fingerprint density at radius 2 is 1.78 bits per heavy atom. The van der Waals surface area contributed by atoms with Gasteiger partial charge in [-0.25, -0.2) is 0 Å². The molecular formula is C20H20ClN3O2S. The van der Waals surface area contributed by atoms with E-state index in [9.17, 15) is 9.59 Å². The van der Waals surface area contributed by atoms with Gasteiger partial charge in [-0.05, 0) is 54.5 Å². The van der Waals surface area contributed by atoms with E-state index in [2.05, 4.69) is 16.0 Å². The van der Waals surface area contributed by atoms with E-state index in [-0.39, 0.29) is 16.9 Å². The molecule has 27 heavy (non-hydrogen) atoms. The summed E-state index contributed by atoms with van der Waals surface area (Å²) in [7, 11) is 0. The minimum atomic E-state index is -0.375. The molecule has 0 aromatic heterocycles. The first-order valence-corrected chi connectivity index (χ1v) is 9.21. The molecule has 0 aliphatic rings. The van der Waals surface area contributed by atoms with Crippen LogP contribution in [0.2, 0.25) is 5.02 Å². The van der Waals surface area contributed by atoms with Gasteiger partial charge in [0.1, 0.15) is 0 Å². The zero-order valence-electron chi connectivity index (χ0n) is 14.8. The third-order valence-electron chi connectivity index (χ3n) is 3.44. The lowest BCUT2D eigenvalue weighted by Crippen LogP contribution is -2.32. The van der Waals surface area contributed by atoms with Gasteiger partial charge in [-0.2, -0.15) is 0 Å². The molecule has 0 saturated heterocycles. The largest absolute Gasteiger partial charge is 0.332 e. The van der Waals surface area contributed by atoms with Gasteiger partial charge in [-0.1, -0.05) is 42.8 Å². The Labute approximate surface area is 168 Å². The summed E-state index contributed by atoms with van der Waals surface area (Å²) in [6.45, 7) is 1.94. The molecule has 0 aliphatic heterocycles. The van der Waals surface area contributed by atoms with Crippen molar-refractivity contribution in [3.8, 4) is 0 Å². The van der Waals surface area contributed by atoms with Gasteiger partial charge >= 0.3 is 0 Å². The first kappa shape index (κ1) is 20.6. The monoisotopic (exact) mass is 401 g/mol. The summed E-state index contributed by atoms with van der Waals surface area (Å²) in [5.41, 5.74) is 2.06. The molecule has 0 bridgehead atoms. The number of carbonyl (C=O) groups excluding carboxylic acids is 2. The van der Waals surface area contributed by atoms with Crippen molar-refractivity contribution in [3.63, 3.8) is 0 Å². The normalized spacial score (nSPS) is 10.4. The van der Waals surface area contributed by atoms with E-state index in [0.717, 1.165) is 12.0 Å². The number of carbonyl (C=O) groups is 2. The van der Waals surface area contributed by atoms with Crippen molar-refractivity contribution in [2.75, 3.05) is 10.6 Å². The number of thiocarbonyl (C=S) groups is 1. The molecule has 0 saturated carbocycles. The van der Waals surface area contributed by atoms with Crippen molar-refractivity contribution in [2.45, 2.75) is 19.8 Å². The van der Waals surface area contributed by atoms with Crippen LogP contribution in [0.5, 0.6) is 0 Å². The summed E-state index contributed by atoms with van der Waals surface area (Å²) in [6.07, 6.45) is 4.21. The molecule has 2 rings (SSSR count). The topological polar surface area (TPSA) is 70.2 Å². The maximum Gasteiger partial charge on any atom is 0.250 e. The summed E-state index contributed by atoms with van der Waals surface area (Å²) in [4.78, 5) is 23.7. The summed E-state index contributed by atoms with van der Waals surface area (Å²) >= 11 is 11.2. The molecule has 7 heteroatoms. The van der Waals surface area contributed by atoms with E-state index in [1.165, 1.54) is 6.08 Å². The van der Waals surface area contributed by atoms with Crippen LogP contribution >= 0.6 is 23.8 Å². The number of benzene rings is 2. The van der Waals surface area contributed by atoms with E-state index in [1.54, 1.807) is 42.5 Å². The maximum atomic E-state index is 12.0. The molecule has 0 radical (unpaired) electrons. The Balaban J connectivity index is 1.90. The smallest absolute Gasteiger partial charge is 0.250 e. The minimum absolute atomic E-state index is 0.0461. The molecule has 0 aliphatic carbocycles. The van der Waals surface area contributed by atoms with Crippen molar-refractivity contribution >= 4 is 58.2 Å². The van der Waals surface area contributed by atoms with Crippen LogP contribution in [0.25, 0.3) is 6.08 Å². The van der Waals surface area contributed by atoms with E-state index >= 15 is 0 Å². The molecular weight excluding hydrogens is 382 g/mol. The van der Waals surface area contributed by atoms with Gasteiger partial charge in [-0.3, -0.25) is 14.9 Å². The molecule has 2 aromatic carbocycles. The number of hydrogen-bond acceptors (Lipinski definition) is 3. The number of hydrogen-bond donors (Lipinski definition) is 3. The molecule has 2 aromatic rings. The number of amides is 2. The average Bonchev–Trinajstić information content (AvgIpc) is 2.61. The number of halogens is 1. The number of anilines is 2. The lowest BCUT2D eigenvalue weighted by molar-refractivity contribution is -0.116. The van der Waals surface area contributed by atoms with Crippen LogP contribution < -0.4 is 16.0 Å². The Morgan fingerprint density at radius 1 is 1.07 bits per heavy atom. The number of rotatable bonds is 6. The van der Waals surface area contributed by atoms with Crippen LogP contribution in [-0.4, -0.2) is 16.9 Å². The Hall–Kier alpha value is -2.70. The quantitative estimate of drug-likeness (QED) is 0.488. The van der Waals surface area contributed by atoms with E-state index < -0.39 is 0 Å². The molecule has 0 unspecified atom stereocenters. The zero-order valence-corrected chi connectivity index (χ0v) is 16.4. The molecule has 0 spiro atoms. The molecule has 5 nitrogen and oxygen atoms in total. The summed E-state index contributed by atoms with van der Waals surface area (Å²) in [6, 6.07) is 14.3. The summed E-state index contributed by atoms with van der Waals surface area (Å²) in [5, 5.41) is 9.00. The SMILES string of the molecule is CCCC(=O)Nc1cccc(NC(=S)NC(=O)/C=C/c2ccccc2Cl)c1. The van der Waals surface area contributed by atoms with Gasteiger partial charge < -0.3 is 10.6 Å². The van der Waals surface area contributed by atoms with E-state index in [0.29, 0.717) is 22.8 Å². The number of nitrogens with one attached hydrogen (secondary N) is 3. The predicted octanol–water partition coefficient (Wildman–Crippen LogP) is 4.61. The second-order valence-corrected chi connectivity index (χ2v) is 6.49. The lowest BCUT2D eigenvalue weighted by Gasteiger charge is -2.10. The van der Waals surface area contributed by atoms with E-state index in [4.69, 9.17) is 23.8 Å². The Kier molecular flexibility index (Phi) is 7.98. The fourth-order valence-electron chi connectivity index (χ4n) is 2.22. The Morgan fingerprint density at radius 3 is 2.48 bits per heavy atom. The van der Waals surface area contributed by atoms with Crippen LogP contribution in [-0.2, 0) is 9.59 Å². The highest BCUT2D eigenvalue weighted by molar-refractivity contribution is 7.80. The van der Waals surface area contributed by atoms with Crippen molar-refractivity contribution in [1.29, 1.82) is 0 Å². The highest BCUT2D eigenvalue weighted by Crippen LogP contribution is 2.17. The van der Waals surface area contributed by atoms with Gasteiger partial charge in [0.15, 0.2) is 5.11 Å². The molecule has 0 heterocycles. The van der Waals surface area contributed by atoms with Gasteiger partial charge in [0, 0.05) is 28.9 Å². The second-order valence-electron chi connectivity index (χ2n) is 5.68. The molecule has 0 atom stereocenters. The van der Waals surface area contributed by atoms with Gasteiger partial charge in [0.05, 0.1) is 0 Å². The van der Waals surface area contributed by atoms with E-state index in [1.807, 2.05) is 19.1 Å². The van der Waals surface area contributed by atoms with Crippen LogP contribution in [0.15, 0.2) is 54.6 Å². The lowest BCUT2D eigenvalue weighted by atomic mass is 10.2. The van der Waals surface area contributed by atoms with Crippen LogP contribution in [0.1, 0.15) is 25.3 Å². The van der Waals surface area contributed by atoms with Crippen LogP contribution in [0, 0.1) is 0 Å². The highest BCUT2D eigenvalue weighted by atomic mass is 35.5. The van der Waals surface area contributed by atoms with Gasteiger partial charge in [0.2, 0.25) is 11.8 Å². The van der Waals surface area contributed by atoms with Gasteiger partial charge in [-0.15, -0.1) is 0 Å². The third kappa shape index (κ3) is 7.21. The third-order valence-corrected chi connectivity index (χ3v) is 3.99. The first-order valence-electron chi connectivity index (χ1n) is 8.42. The van der Waals surface area contributed by atoms with Crippen LogP contribution in [0.4, 0.5) is 11.4 Å². The zero-order chi connectivity index (χ0) is 19.6. The second kappa shape index (κ2) is 10.4. The first-order chi connectivity index (χ1) is 13.0. The molecule has 0 fully saturated rings. The standard InChI is InChI=1S/C20H20ClN3O2S/c1-2-6-18(25)22-15-8-5-9-16(13-15)23-20(27)24-19(26)12-11-14-7-3-4-10-17(14)21/h3-5,7-13H,2,6H2,1H3,(H,22,25)(H2,23,24,26,27)/b12-11+. The van der Waals surface area contributed by atoms with Crippen molar-refractivity contribution in [1.82, 2.24) is 5.32 Å².